The largest absolute Gasteiger partial charge is 0.464 e. The molecule has 1 saturated heterocycles. The second-order valence-corrected chi connectivity index (χ2v) is 6.60. The Labute approximate surface area is 157 Å². The van der Waals surface area contributed by atoms with Gasteiger partial charge in [-0.1, -0.05) is 12.1 Å². The number of nitrogens with zero attached hydrogens (tertiary/aromatic N) is 4. The Kier molecular flexibility index (Phi) is 4.81. The first-order chi connectivity index (χ1) is 13.1. The van der Waals surface area contributed by atoms with Crippen LogP contribution in [0.4, 0.5) is 5.95 Å². The van der Waals surface area contributed by atoms with Crippen molar-refractivity contribution in [2.24, 2.45) is 0 Å². The summed E-state index contributed by atoms with van der Waals surface area (Å²) in [6.45, 7) is 6.26. The quantitative estimate of drug-likeness (QED) is 0.752. The molecule has 0 atom stereocenters. The molecular formula is C19H22N4O4. The third-order valence-electron chi connectivity index (χ3n) is 4.76. The number of esters is 1. The van der Waals surface area contributed by atoms with Crippen LogP contribution in [0, 0.1) is 6.92 Å². The van der Waals surface area contributed by atoms with E-state index in [0.29, 0.717) is 11.6 Å². The number of anilines is 1. The molecule has 0 bridgehead atoms. The first-order valence-electron chi connectivity index (χ1n) is 8.93. The number of fused-ring (bicyclic) bond motifs is 1. The number of aryl methyl sites for hydroxylation is 1. The lowest BCUT2D eigenvalue weighted by Gasteiger charge is -2.35. The van der Waals surface area contributed by atoms with E-state index in [1.54, 1.807) is 6.07 Å². The second kappa shape index (κ2) is 7.40. The van der Waals surface area contributed by atoms with Gasteiger partial charge in [0.15, 0.2) is 17.2 Å². The van der Waals surface area contributed by atoms with E-state index in [0.717, 1.165) is 55.5 Å². The summed E-state index contributed by atoms with van der Waals surface area (Å²) in [6, 6.07) is 7.64. The van der Waals surface area contributed by atoms with Gasteiger partial charge < -0.3 is 19.1 Å². The molecule has 0 radical (unpaired) electrons. The highest BCUT2D eigenvalue weighted by molar-refractivity contribution is 5.87. The molecule has 4 rings (SSSR count). The molecule has 1 aromatic carbocycles. The zero-order valence-electron chi connectivity index (χ0n) is 15.5. The standard InChI is InChI=1S/C19H22N4O4/c1-13-10-15(18(24)25-2)21-19(20-13)23-8-6-22(7-9-23)11-14-4-3-5-16-17(14)27-12-26-16/h3-5,10H,6-9,11-12H2,1-2H3. The summed E-state index contributed by atoms with van der Waals surface area (Å²) in [5.41, 5.74) is 2.18. The number of piperazine rings is 1. The number of carbonyl (C=O) groups is 1. The van der Waals surface area contributed by atoms with Crippen molar-refractivity contribution in [3.05, 3.63) is 41.2 Å². The monoisotopic (exact) mass is 370 g/mol. The van der Waals surface area contributed by atoms with E-state index in [4.69, 9.17) is 14.2 Å². The summed E-state index contributed by atoms with van der Waals surface area (Å²) < 4.78 is 15.8. The number of ether oxygens (including phenoxy) is 3. The fourth-order valence-electron chi connectivity index (χ4n) is 3.37. The lowest BCUT2D eigenvalue weighted by atomic mass is 10.1. The molecule has 2 aliphatic rings. The van der Waals surface area contributed by atoms with Crippen LogP contribution in [0.1, 0.15) is 21.7 Å². The van der Waals surface area contributed by atoms with Gasteiger partial charge in [-0.2, -0.15) is 0 Å². The van der Waals surface area contributed by atoms with Crippen LogP contribution in [-0.2, 0) is 11.3 Å². The summed E-state index contributed by atoms with van der Waals surface area (Å²) in [4.78, 5) is 25.1. The normalized spacial score (nSPS) is 16.4. The van der Waals surface area contributed by atoms with Gasteiger partial charge in [0.2, 0.25) is 12.7 Å². The summed E-state index contributed by atoms with van der Waals surface area (Å²) in [5.74, 6) is 1.80. The molecule has 0 N–H and O–H groups in total. The van der Waals surface area contributed by atoms with Crippen molar-refractivity contribution in [1.82, 2.24) is 14.9 Å². The van der Waals surface area contributed by atoms with Crippen molar-refractivity contribution in [1.29, 1.82) is 0 Å². The highest BCUT2D eigenvalue weighted by Crippen LogP contribution is 2.36. The van der Waals surface area contributed by atoms with E-state index in [1.165, 1.54) is 7.11 Å². The molecule has 8 heteroatoms. The molecule has 0 saturated carbocycles. The van der Waals surface area contributed by atoms with Gasteiger partial charge in [-0.3, -0.25) is 4.90 Å². The molecular weight excluding hydrogens is 348 g/mol. The number of carbonyl (C=O) groups excluding carboxylic acids is 1. The third kappa shape index (κ3) is 3.66. The number of aromatic nitrogens is 2. The minimum absolute atomic E-state index is 0.285. The van der Waals surface area contributed by atoms with Crippen LogP contribution in [0.25, 0.3) is 0 Å². The van der Waals surface area contributed by atoms with Crippen molar-refractivity contribution in [3.63, 3.8) is 0 Å². The fraction of sp³-hybridized carbons (Fsp3) is 0.421. The fourth-order valence-corrected chi connectivity index (χ4v) is 3.37. The molecule has 1 aromatic heterocycles. The van der Waals surface area contributed by atoms with Crippen molar-refractivity contribution < 1.29 is 19.0 Å². The van der Waals surface area contributed by atoms with Gasteiger partial charge in [0.1, 0.15) is 0 Å². The Bertz CT molecular complexity index is 850. The highest BCUT2D eigenvalue weighted by atomic mass is 16.7. The van der Waals surface area contributed by atoms with Crippen molar-refractivity contribution >= 4 is 11.9 Å². The second-order valence-electron chi connectivity index (χ2n) is 6.60. The predicted molar refractivity (Wildman–Crippen MR) is 98.2 cm³/mol. The Morgan fingerprint density at radius 2 is 2.00 bits per heavy atom. The van der Waals surface area contributed by atoms with Crippen LogP contribution in [0.5, 0.6) is 11.5 Å². The van der Waals surface area contributed by atoms with Gasteiger partial charge in [-0.05, 0) is 19.1 Å². The van der Waals surface area contributed by atoms with Crippen LogP contribution in [-0.4, -0.2) is 60.9 Å². The average Bonchev–Trinajstić information content (AvgIpc) is 3.17. The highest BCUT2D eigenvalue weighted by Gasteiger charge is 2.23. The molecule has 1 fully saturated rings. The Hall–Kier alpha value is -2.87. The minimum atomic E-state index is -0.444. The number of hydrogen-bond acceptors (Lipinski definition) is 8. The third-order valence-corrected chi connectivity index (χ3v) is 4.76. The van der Waals surface area contributed by atoms with Gasteiger partial charge >= 0.3 is 5.97 Å². The Balaban J connectivity index is 1.42. The van der Waals surface area contributed by atoms with E-state index in [2.05, 4.69) is 25.8 Å². The molecule has 2 aromatic rings. The van der Waals surface area contributed by atoms with Crippen molar-refractivity contribution in [2.45, 2.75) is 13.5 Å². The van der Waals surface area contributed by atoms with Crippen LogP contribution in [0.15, 0.2) is 24.3 Å². The molecule has 8 nitrogen and oxygen atoms in total. The molecule has 2 aliphatic heterocycles. The molecule has 0 amide bonds. The lowest BCUT2D eigenvalue weighted by molar-refractivity contribution is 0.0593. The smallest absolute Gasteiger partial charge is 0.356 e. The predicted octanol–water partition coefficient (Wildman–Crippen LogP) is 1.62. The van der Waals surface area contributed by atoms with Gasteiger partial charge in [0.05, 0.1) is 7.11 Å². The summed E-state index contributed by atoms with van der Waals surface area (Å²) in [6.07, 6.45) is 0. The number of hydrogen-bond donors (Lipinski definition) is 0. The van der Waals surface area contributed by atoms with Crippen LogP contribution >= 0.6 is 0 Å². The van der Waals surface area contributed by atoms with Gasteiger partial charge in [-0.25, -0.2) is 14.8 Å². The first-order valence-corrected chi connectivity index (χ1v) is 8.93. The maximum absolute atomic E-state index is 11.8. The lowest BCUT2D eigenvalue weighted by Crippen LogP contribution is -2.46. The maximum atomic E-state index is 11.8. The zero-order valence-corrected chi connectivity index (χ0v) is 15.5. The summed E-state index contributed by atoms with van der Waals surface area (Å²) in [7, 11) is 1.35. The van der Waals surface area contributed by atoms with Crippen LogP contribution in [0.3, 0.4) is 0 Å². The minimum Gasteiger partial charge on any atom is -0.464 e. The molecule has 142 valence electrons. The van der Waals surface area contributed by atoms with Crippen molar-refractivity contribution in [2.75, 3.05) is 45.0 Å². The van der Waals surface area contributed by atoms with E-state index >= 15 is 0 Å². The number of methoxy groups -OCH3 is 1. The van der Waals surface area contributed by atoms with Crippen LogP contribution in [0.2, 0.25) is 0 Å². The maximum Gasteiger partial charge on any atom is 0.356 e. The van der Waals surface area contributed by atoms with Gasteiger partial charge in [0.25, 0.3) is 0 Å². The average molecular weight is 370 g/mol. The number of rotatable bonds is 4. The first kappa shape index (κ1) is 17.5. The molecule has 27 heavy (non-hydrogen) atoms. The van der Waals surface area contributed by atoms with Crippen LogP contribution < -0.4 is 14.4 Å². The van der Waals surface area contributed by atoms with E-state index < -0.39 is 5.97 Å². The molecule has 0 spiro atoms. The summed E-state index contributed by atoms with van der Waals surface area (Å²) >= 11 is 0. The number of benzene rings is 1. The molecule has 0 aliphatic carbocycles. The van der Waals surface area contributed by atoms with Gasteiger partial charge in [-0.15, -0.1) is 0 Å². The molecule has 0 unspecified atom stereocenters. The zero-order chi connectivity index (χ0) is 18.8. The SMILES string of the molecule is COC(=O)c1cc(C)nc(N2CCN(Cc3cccc4c3OCO4)CC2)n1. The number of para-hydroxylation sites is 1. The van der Waals surface area contributed by atoms with E-state index in [9.17, 15) is 4.79 Å². The van der Waals surface area contributed by atoms with Gasteiger partial charge in [0, 0.05) is 44.0 Å². The topological polar surface area (TPSA) is 77.0 Å². The Morgan fingerprint density at radius 3 is 2.78 bits per heavy atom. The van der Waals surface area contributed by atoms with E-state index in [1.807, 2.05) is 19.1 Å². The Morgan fingerprint density at radius 1 is 1.19 bits per heavy atom. The van der Waals surface area contributed by atoms with E-state index in [-0.39, 0.29) is 6.79 Å². The molecule has 3 heterocycles. The van der Waals surface area contributed by atoms with Crippen molar-refractivity contribution in [3.8, 4) is 11.5 Å². The summed E-state index contributed by atoms with van der Waals surface area (Å²) in [5, 5.41) is 0.